The maximum atomic E-state index is 2.49. The van der Waals surface area contributed by atoms with Crippen LogP contribution in [0.4, 0.5) is 0 Å². The zero-order valence-corrected chi connectivity index (χ0v) is 16.1. The number of hydrogen-bond acceptors (Lipinski definition) is 0. The average Bonchev–Trinajstić information content (AvgIpc) is 2.65. The van der Waals surface area contributed by atoms with E-state index in [1.807, 2.05) is 0 Å². The Kier molecular flexibility index (Phi) is 3.00. The predicted molar refractivity (Wildman–Crippen MR) is 117 cm³/mol. The van der Waals surface area contributed by atoms with Crippen LogP contribution in [0.3, 0.4) is 0 Å². The number of rotatable bonds is 0. The molecular weight excluding hydrogens is 336 g/mol. The molecule has 4 atom stereocenters. The fourth-order valence-electron chi connectivity index (χ4n) is 6.09. The molecule has 0 saturated heterocycles. The summed E-state index contributed by atoms with van der Waals surface area (Å²) in [5, 5.41) is 5.64. The van der Waals surface area contributed by atoms with Gasteiger partial charge < -0.3 is 0 Å². The van der Waals surface area contributed by atoms with Crippen molar-refractivity contribution >= 4 is 21.5 Å². The Labute approximate surface area is 166 Å². The van der Waals surface area contributed by atoms with Gasteiger partial charge in [-0.2, -0.15) is 0 Å². The maximum Gasteiger partial charge on any atom is -0.00926 e. The minimum Gasteiger partial charge on any atom is -0.0581 e. The molecule has 3 aliphatic carbocycles. The Hall–Kier alpha value is -2.60. The molecule has 0 heteroatoms. The second kappa shape index (κ2) is 5.47. The number of hydrogen-bond donors (Lipinski definition) is 0. The fraction of sp³-hybridized carbons (Fsp3) is 0.286. The van der Waals surface area contributed by atoms with Crippen molar-refractivity contribution in [2.45, 2.75) is 49.4 Å². The molecule has 0 heterocycles. The first-order valence-corrected chi connectivity index (χ1v) is 10.9. The van der Waals surface area contributed by atoms with Crippen LogP contribution >= 0.6 is 0 Å². The lowest BCUT2D eigenvalue weighted by molar-refractivity contribution is 0.346. The highest BCUT2D eigenvalue weighted by Gasteiger charge is 2.35. The molecule has 3 aliphatic rings. The van der Waals surface area contributed by atoms with Crippen molar-refractivity contribution < 1.29 is 0 Å². The quantitative estimate of drug-likeness (QED) is 0.302. The van der Waals surface area contributed by atoms with Gasteiger partial charge in [-0.05, 0) is 93.2 Å². The van der Waals surface area contributed by atoms with E-state index in [9.17, 15) is 0 Å². The van der Waals surface area contributed by atoms with E-state index in [1.54, 1.807) is 0 Å². The summed E-state index contributed by atoms with van der Waals surface area (Å²) in [4.78, 5) is 0. The van der Waals surface area contributed by atoms with Crippen molar-refractivity contribution in [3.63, 3.8) is 0 Å². The van der Waals surface area contributed by atoms with Crippen molar-refractivity contribution in [1.29, 1.82) is 0 Å². The molecule has 4 aromatic carbocycles. The van der Waals surface area contributed by atoms with Gasteiger partial charge in [-0.3, -0.25) is 0 Å². The zero-order chi connectivity index (χ0) is 18.2. The molecule has 0 nitrogen and oxygen atoms in total. The van der Waals surface area contributed by atoms with E-state index in [0.717, 1.165) is 0 Å². The van der Waals surface area contributed by atoms with E-state index in [4.69, 9.17) is 0 Å². The summed E-state index contributed by atoms with van der Waals surface area (Å²) in [6.45, 7) is 0. The third kappa shape index (κ3) is 2.07. The van der Waals surface area contributed by atoms with Gasteiger partial charge in [-0.25, -0.2) is 0 Å². The van der Waals surface area contributed by atoms with Gasteiger partial charge in [0, 0.05) is 0 Å². The van der Waals surface area contributed by atoms with Gasteiger partial charge in [0.25, 0.3) is 0 Å². The molecule has 28 heavy (non-hydrogen) atoms. The summed E-state index contributed by atoms with van der Waals surface area (Å²) < 4.78 is 0. The molecule has 0 N–H and O–H groups in total. The van der Waals surface area contributed by atoms with E-state index in [1.165, 1.54) is 69.5 Å². The van der Waals surface area contributed by atoms with E-state index >= 15 is 0 Å². The van der Waals surface area contributed by atoms with E-state index in [0.29, 0.717) is 23.7 Å². The standard InChI is InChI=1S/C28H24/c1-5-19-13-23-14-20(6-2-17(1)23)27-11-12-28(27)22-8-4-18-3-7-21(15-24(18)16-22)26-10-9-25(19)26/h1-8,13-16,25-28H,9-12H2/t25-,26+,27-,28+. The van der Waals surface area contributed by atoms with Gasteiger partial charge in [0.15, 0.2) is 0 Å². The molecule has 0 aliphatic heterocycles. The van der Waals surface area contributed by atoms with Gasteiger partial charge >= 0.3 is 0 Å². The Morgan fingerprint density at radius 1 is 0.357 bits per heavy atom. The largest absolute Gasteiger partial charge is 0.0581 e. The lowest BCUT2D eigenvalue weighted by atomic mass is 9.65. The van der Waals surface area contributed by atoms with Crippen molar-refractivity contribution in [3.05, 3.63) is 95.1 Å². The summed E-state index contributed by atoms with van der Waals surface area (Å²) in [5.74, 6) is 2.70. The van der Waals surface area contributed by atoms with Crippen LogP contribution in [0.25, 0.3) is 21.5 Å². The molecule has 7 rings (SSSR count). The summed E-state index contributed by atoms with van der Waals surface area (Å²) in [7, 11) is 0. The van der Waals surface area contributed by atoms with Crippen molar-refractivity contribution in [2.75, 3.05) is 0 Å². The minimum atomic E-state index is 0.674. The summed E-state index contributed by atoms with van der Waals surface area (Å²) in [5.41, 5.74) is 6.16. The van der Waals surface area contributed by atoms with Crippen LogP contribution in [0.1, 0.15) is 71.6 Å². The highest BCUT2D eigenvalue weighted by atomic mass is 14.4. The highest BCUT2D eigenvalue weighted by molar-refractivity contribution is 5.86. The van der Waals surface area contributed by atoms with Gasteiger partial charge in [0.05, 0.1) is 0 Å². The Morgan fingerprint density at radius 3 is 0.893 bits per heavy atom. The van der Waals surface area contributed by atoms with Crippen LogP contribution in [-0.2, 0) is 0 Å². The van der Waals surface area contributed by atoms with Gasteiger partial charge in [-0.1, -0.05) is 72.8 Å². The monoisotopic (exact) mass is 360 g/mol. The fourth-order valence-corrected chi connectivity index (χ4v) is 6.09. The molecule has 0 aromatic heterocycles. The normalized spacial score (nSPS) is 27.4. The topological polar surface area (TPSA) is 0 Å². The first-order valence-electron chi connectivity index (χ1n) is 10.9. The molecule has 2 saturated carbocycles. The van der Waals surface area contributed by atoms with Crippen LogP contribution in [0.2, 0.25) is 0 Å². The number of benzene rings is 4. The third-order valence-corrected chi connectivity index (χ3v) is 8.04. The van der Waals surface area contributed by atoms with E-state index in [2.05, 4.69) is 72.8 Å². The zero-order valence-electron chi connectivity index (χ0n) is 16.1. The summed E-state index contributed by atoms with van der Waals surface area (Å²) in [6.07, 6.45) is 5.27. The van der Waals surface area contributed by atoms with E-state index < -0.39 is 0 Å². The molecule has 2 fully saturated rings. The van der Waals surface area contributed by atoms with Crippen LogP contribution in [0, 0.1) is 0 Å². The molecular formula is C28H24. The first kappa shape index (κ1) is 15.3. The minimum absolute atomic E-state index is 0.674. The summed E-state index contributed by atoms with van der Waals surface area (Å²) >= 11 is 0. The van der Waals surface area contributed by atoms with Gasteiger partial charge in [0.2, 0.25) is 0 Å². The number of fused-ring (bicyclic) bond motifs is 10. The van der Waals surface area contributed by atoms with Crippen LogP contribution < -0.4 is 0 Å². The van der Waals surface area contributed by atoms with Gasteiger partial charge in [0.1, 0.15) is 0 Å². The SMILES string of the molecule is c1cc2ccc3cc2cc1[C@H]1CC[C@H]1c1ccc2ccc(cc2c1)[C@@H]1CC[C@H]31. The molecule has 0 spiro atoms. The maximum absolute atomic E-state index is 2.49. The second-order valence-corrected chi connectivity index (χ2v) is 9.31. The Balaban J connectivity index is 1.50. The highest BCUT2D eigenvalue weighted by Crippen LogP contribution is 2.52. The molecule has 136 valence electrons. The molecule has 4 aromatic rings. The average molecular weight is 361 g/mol. The van der Waals surface area contributed by atoms with Crippen LogP contribution in [-0.4, -0.2) is 0 Å². The first-order chi connectivity index (χ1) is 13.8. The lowest BCUT2D eigenvalue weighted by Gasteiger charge is -2.39. The van der Waals surface area contributed by atoms with Crippen molar-refractivity contribution in [3.8, 4) is 0 Å². The molecule has 0 radical (unpaired) electrons. The van der Waals surface area contributed by atoms with Crippen molar-refractivity contribution in [2.24, 2.45) is 0 Å². The van der Waals surface area contributed by atoms with Crippen LogP contribution in [0.15, 0.2) is 72.8 Å². The van der Waals surface area contributed by atoms with Gasteiger partial charge in [-0.15, -0.1) is 0 Å². The van der Waals surface area contributed by atoms with Crippen LogP contribution in [0.5, 0.6) is 0 Å². The van der Waals surface area contributed by atoms with Crippen molar-refractivity contribution in [1.82, 2.24) is 0 Å². The predicted octanol–water partition coefficient (Wildman–Crippen LogP) is 7.63. The lowest BCUT2D eigenvalue weighted by Crippen LogP contribution is -2.23. The smallest absolute Gasteiger partial charge is 0.00926 e. The Bertz CT molecular complexity index is 1060. The third-order valence-electron chi connectivity index (χ3n) is 8.04. The van der Waals surface area contributed by atoms with E-state index in [-0.39, 0.29) is 0 Å². The Morgan fingerprint density at radius 2 is 0.643 bits per heavy atom. The second-order valence-electron chi connectivity index (χ2n) is 9.31. The molecule has 6 bridgehead atoms. The summed E-state index contributed by atoms with van der Waals surface area (Å²) in [6, 6.07) is 28.9. The molecule has 0 unspecified atom stereocenters. The molecule has 0 amide bonds.